The van der Waals surface area contributed by atoms with Crippen LogP contribution in [-0.4, -0.2) is 21.7 Å². The van der Waals surface area contributed by atoms with E-state index in [4.69, 9.17) is 22.4 Å². The number of hydrogen-bond donors (Lipinski definition) is 4. The lowest BCUT2D eigenvalue weighted by Crippen LogP contribution is -2.14. The second-order valence-corrected chi connectivity index (χ2v) is 3.70. The summed E-state index contributed by atoms with van der Waals surface area (Å²) in [6, 6.07) is 2.83. The summed E-state index contributed by atoms with van der Waals surface area (Å²) in [6.45, 7) is -0.170. The molecule has 2 aromatic rings. The summed E-state index contributed by atoms with van der Waals surface area (Å²) in [7, 11) is 0. The SMILES string of the molecule is NC(CO)c1cc(Cl)c2[nH]c(=O)[nH]c2c1. The lowest BCUT2D eigenvalue weighted by atomic mass is 10.1. The highest BCUT2D eigenvalue weighted by atomic mass is 35.5. The molecule has 2 rings (SSSR count). The molecule has 1 unspecified atom stereocenters. The number of benzene rings is 1. The molecule has 5 N–H and O–H groups in total. The third-order valence-corrected chi connectivity index (χ3v) is 2.52. The molecule has 0 fully saturated rings. The number of halogens is 1. The number of imidazole rings is 1. The van der Waals surface area contributed by atoms with Crippen LogP contribution in [-0.2, 0) is 0 Å². The molecule has 0 amide bonds. The number of nitrogens with two attached hydrogens (primary N) is 1. The summed E-state index contributed by atoms with van der Waals surface area (Å²) in [5.74, 6) is 0. The summed E-state index contributed by atoms with van der Waals surface area (Å²) < 4.78 is 0. The number of nitrogens with one attached hydrogen (secondary N) is 2. The third kappa shape index (κ3) is 1.77. The van der Waals surface area contributed by atoms with Crippen LogP contribution >= 0.6 is 11.6 Å². The molecule has 0 bridgehead atoms. The van der Waals surface area contributed by atoms with E-state index in [1.54, 1.807) is 12.1 Å². The van der Waals surface area contributed by atoms with Gasteiger partial charge in [0.2, 0.25) is 0 Å². The molecule has 0 saturated heterocycles. The first-order valence-corrected chi connectivity index (χ1v) is 4.77. The second-order valence-electron chi connectivity index (χ2n) is 3.29. The van der Waals surface area contributed by atoms with Crippen molar-refractivity contribution in [3.05, 3.63) is 33.2 Å². The fourth-order valence-corrected chi connectivity index (χ4v) is 1.71. The van der Waals surface area contributed by atoms with Gasteiger partial charge in [0, 0.05) is 0 Å². The molecular weight excluding hydrogens is 218 g/mol. The van der Waals surface area contributed by atoms with E-state index in [1.165, 1.54) is 0 Å². The standard InChI is InChI=1S/C9H10ClN3O2/c10-5-1-4(6(11)3-14)2-7-8(5)13-9(15)12-7/h1-2,6,14H,3,11H2,(H2,12,13,15). The lowest BCUT2D eigenvalue weighted by Gasteiger charge is -2.08. The molecule has 0 spiro atoms. The molecule has 0 aliphatic heterocycles. The summed E-state index contributed by atoms with van der Waals surface area (Å²) in [4.78, 5) is 16.2. The number of aliphatic hydroxyl groups excluding tert-OH is 1. The third-order valence-electron chi connectivity index (χ3n) is 2.22. The smallest absolute Gasteiger partial charge is 0.323 e. The molecule has 0 aliphatic carbocycles. The van der Waals surface area contributed by atoms with Crippen LogP contribution < -0.4 is 11.4 Å². The van der Waals surface area contributed by atoms with E-state index in [0.29, 0.717) is 21.6 Å². The van der Waals surface area contributed by atoms with E-state index in [1.807, 2.05) is 0 Å². The Morgan fingerprint density at radius 2 is 2.20 bits per heavy atom. The van der Waals surface area contributed by atoms with Gasteiger partial charge in [0.1, 0.15) is 0 Å². The predicted octanol–water partition coefficient (Wildman–Crippen LogP) is 0.502. The second kappa shape index (κ2) is 3.69. The largest absolute Gasteiger partial charge is 0.394 e. The summed E-state index contributed by atoms with van der Waals surface area (Å²) in [5, 5.41) is 9.32. The Kier molecular flexibility index (Phi) is 2.52. The van der Waals surface area contributed by atoms with Crippen LogP contribution in [0.15, 0.2) is 16.9 Å². The molecule has 1 aromatic carbocycles. The van der Waals surface area contributed by atoms with Crippen molar-refractivity contribution in [1.82, 2.24) is 9.97 Å². The van der Waals surface area contributed by atoms with Crippen LogP contribution in [0.4, 0.5) is 0 Å². The Labute approximate surface area is 89.9 Å². The monoisotopic (exact) mass is 227 g/mol. The maximum atomic E-state index is 11.0. The molecule has 1 atom stereocenters. The van der Waals surface area contributed by atoms with Gasteiger partial charge in [-0.1, -0.05) is 11.6 Å². The maximum Gasteiger partial charge on any atom is 0.323 e. The summed E-state index contributed by atoms with van der Waals surface area (Å²) in [5.41, 5.74) is 7.16. The van der Waals surface area contributed by atoms with Gasteiger partial charge < -0.3 is 20.8 Å². The predicted molar refractivity (Wildman–Crippen MR) is 57.9 cm³/mol. The average molecular weight is 228 g/mol. The van der Waals surface area contributed by atoms with Crippen LogP contribution in [0.25, 0.3) is 11.0 Å². The zero-order valence-electron chi connectivity index (χ0n) is 7.75. The Hall–Kier alpha value is -1.30. The number of H-pyrrole nitrogens is 2. The number of aromatic amines is 2. The van der Waals surface area contributed by atoms with Crippen molar-refractivity contribution in [2.75, 3.05) is 6.61 Å². The Morgan fingerprint density at radius 1 is 1.47 bits per heavy atom. The molecule has 6 heteroatoms. The van der Waals surface area contributed by atoms with Crippen molar-refractivity contribution in [2.24, 2.45) is 5.73 Å². The molecule has 0 radical (unpaired) electrons. The molecular formula is C9H10ClN3O2. The molecule has 1 heterocycles. The van der Waals surface area contributed by atoms with Crippen molar-refractivity contribution < 1.29 is 5.11 Å². The van der Waals surface area contributed by atoms with Gasteiger partial charge in [-0.05, 0) is 17.7 Å². The van der Waals surface area contributed by atoms with Crippen LogP contribution in [0, 0.1) is 0 Å². The van der Waals surface area contributed by atoms with Gasteiger partial charge in [-0.3, -0.25) is 0 Å². The normalized spacial score (nSPS) is 13.3. The van der Waals surface area contributed by atoms with Gasteiger partial charge in [-0.15, -0.1) is 0 Å². The van der Waals surface area contributed by atoms with Crippen molar-refractivity contribution in [1.29, 1.82) is 0 Å². The van der Waals surface area contributed by atoms with Gasteiger partial charge in [0.05, 0.1) is 28.7 Å². The molecule has 80 valence electrons. The summed E-state index contributed by atoms with van der Waals surface area (Å²) in [6.07, 6.45) is 0. The van der Waals surface area contributed by atoms with Crippen LogP contribution in [0.3, 0.4) is 0 Å². The van der Waals surface area contributed by atoms with Crippen molar-refractivity contribution in [3.63, 3.8) is 0 Å². The van der Waals surface area contributed by atoms with Crippen LogP contribution in [0.5, 0.6) is 0 Å². The fraction of sp³-hybridized carbons (Fsp3) is 0.222. The number of rotatable bonds is 2. The van der Waals surface area contributed by atoms with Gasteiger partial charge >= 0.3 is 5.69 Å². The van der Waals surface area contributed by atoms with Gasteiger partial charge in [0.25, 0.3) is 0 Å². The Morgan fingerprint density at radius 3 is 2.87 bits per heavy atom. The first-order valence-electron chi connectivity index (χ1n) is 4.39. The molecule has 1 aromatic heterocycles. The highest BCUT2D eigenvalue weighted by Crippen LogP contribution is 2.24. The van der Waals surface area contributed by atoms with Gasteiger partial charge in [-0.2, -0.15) is 0 Å². The van der Waals surface area contributed by atoms with Crippen molar-refractivity contribution in [3.8, 4) is 0 Å². The zero-order chi connectivity index (χ0) is 11.0. The van der Waals surface area contributed by atoms with Crippen LogP contribution in [0.1, 0.15) is 11.6 Å². The molecule has 0 saturated carbocycles. The number of aliphatic hydroxyl groups is 1. The van der Waals surface area contributed by atoms with E-state index in [0.717, 1.165) is 0 Å². The quantitative estimate of drug-likeness (QED) is 0.602. The number of fused-ring (bicyclic) bond motifs is 1. The maximum absolute atomic E-state index is 11.0. The summed E-state index contributed by atoms with van der Waals surface area (Å²) >= 11 is 5.95. The van der Waals surface area contributed by atoms with Crippen molar-refractivity contribution >= 4 is 22.6 Å². The molecule has 0 aliphatic rings. The van der Waals surface area contributed by atoms with E-state index < -0.39 is 6.04 Å². The van der Waals surface area contributed by atoms with E-state index in [-0.39, 0.29) is 12.3 Å². The first kappa shape index (κ1) is 10.2. The Bertz CT molecular complexity index is 546. The van der Waals surface area contributed by atoms with E-state index in [9.17, 15) is 4.79 Å². The number of aromatic nitrogens is 2. The van der Waals surface area contributed by atoms with Crippen LogP contribution in [0.2, 0.25) is 5.02 Å². The highest BCUT2D eigenvalue weighted by Gasteiger charge is 2.10. The topological polar surface area (TPSA) is 94.9 Å². The zero-order valence-corrected chi connectivity index (χ0v) is 8.51. The number of hydrogen-bond acceptors (Lipinski definition) is 3. The minimum Gasteiger partial charge on any atom is -0.394 e. The first-order chi connectivity index (χ1) is 7.11. The van der Waals surface area contributed by atoms with E-state index >= 15 is 0 Å². The molecule has 5 nitrogen and oxygen atoms in total. The Balaban J connectivity index is 2.66. The average Bonchev–Trinajstić information content (AvgIpc) is 2.58. The van der Waals surface area contributed by atoms with Crippen molar-refractivity contribution in [2.45, 2.75) is 6.04 Å². The molecule has 15 heavy (non-hydrogen) atoms. The highest BCUT2D eigenvalue weighted by molar-refractivity contribution is 6.35. The fourth-order valence-electron chi connectivity index (χ4n) is 1.44. The van der Waals surface area contributed by atoms with Gasteiger partial charge in [-0.25, -0.2) is 4.79 Å². The van der Waals surface area contributed by atoms with E-state index in [2.05, 4.69) is 9.97 Å². The van der Waals surface area contributed by atoms with Gasteiger partial charge in [0.15, 0.2) is 0 Å². The minimum atomic E-state index is -0.495. The lowest BCUT2D eigenvalue weighted by molar-refractivity contribution is 0.268. The minimum absolute atomic E-state index is 0.170.